The number of hydrogen-bond donors (Lipinski definition) is 0. The minimum Gasteiger partial charge on any atom is -0.484 e. The number of benzene rings is 6. The molecule has 0 spiro atoms. The van der Waals surface area contributed by atoms with Gasteiger partial charge in [-0.2, -0.15) is 0 Å². The lowest BCUT2D eigenvalue weighted by Gasteiger charge is -2.19. The van der Waals surface area contributed by atoms with Crippen LogP contribution in [0.15, 0.2) is 138 Å². The average Bonchev–Trinajstić information content (AvgIpc) is 3.59. The SMILES string of the molecule is C1=CC2Oc3c(-c4c5ccccc5c(-c5cccc6c5oc5ccccc56)c5ccccc45)cccc3C2C=C1. The van der Waals surface area contributed by atoms with E-state index < -0.39 is 0 Å². The molecule has 0 saturated carbocycles. The van der Waals surface area contributed by atoms with E-state index in [2.05, 4.69) is 127 Å². The van der Waals surface area contributed by atoms with Gasteiger partial charge in [-0.1, -0.05) is 121 Å². The Balaban J connectivity index is 1.40. The van der Waals surface area contributed by atoms with Gasteiger partial charge in [0.15, 0.2) is 0 Å². The molecular weight excluding hydrogens is 488 g/mol. The lowest BCUT2D eigenvalue weighted by molar-refractivity contribution is 0.270. The fourth-order valence-corrected chi connectivity index (χ4v) is 6.91. The summed E-state index contributed by atoms with van der Waals surface area (Å²) in [5, 5.41) is 7.12. The maximum atomic E-state index is 6.65. The summed E-state index contributed by atoms with van der Waals surface area (Å²) in [6.45, 7) is 0. The van der Waals surface area contributed by atoms with Crippen LogP contribution in [0.1, 0.15) is 11.5 Å². The third-order valence-corrected chi connectivity index (χ3v) is 8.62. The van der Waals surface area contributed by atoms with Crippen LogP contribution < -0.4 is 4.74 Å². The van der Waals surface area contributed by atoms with Crippen LogP contribution in [0.5, 0.6) is 5.75 Å². The normalized spacial score (nSPS) is 17.5. The zero-order valence-corrected chi connectivity index (χ0v) is 21.7. The number of allylic oxidation sites excluding steroid dienone is 2. The molecule has 0 N–H and O–H groups in total. The third kappa shape index (κ3) is 2.93. The second kappa shape index (κ2) is 8.21. The van der Waals surface area contributed by atoms with Crippen molar-refractivity contribution in [3.63, 3.8) is 0 Å². The summed E-state index contributed by atoms with van der Waals surface area (Å²) in [7, 11) is 0. The third-order valence-electron chi connectivity index (χ3n) is 8.62. The van der Waals surface area contributed by atoms with E-state index in [0.29, 0.717) is 0 Å². The average molecular weight is 513 g/mol. The maximum Gasteiger partial charge on any atom is 0.143 e. The van der Waals surface area contributed by atoms with Gasteiger partial charge in [0.05, 0.1) is 0 Å². The van der Waals surface area contributed by atoms with Crippen molar-refractivity contribution in [1.29, 1.82) is 0 Å². The fraction of sp³-hybridized carbons (Fsp3) is 0.0526. The standard InChI is InChI=1S/C38H24O2/c1-2-14-26-25(13-1)35(31-19-9-17-29-23-11-5-7-21-33(23)39-37(29)31)27-15-3-4-16-28(27)36(26)32-20-10-18-30-24-12-6-8-22-34(24)40-38(30)32/h1-23,33H. The summed E-state index contributed by atoms with van der Waals surface area (Å²) in [6, 6.07) is 39.0. The van der Waals surface area contributed by atoms with Crippen molar-refractivity contribution < 1.29 is 9.15 Å². The van der Waals surface area contributed by atoms with E-state index in [-0.39, 0.29) is 12.0 Å². The Labute approximate surface area is 231 Å². The number of hydrogen-bond acceptors (Lipinski definition) is 2. The number of rotatable bonds is 2. The summed E-state index contributed by atoms with van der Waals surface area (Å²) in [6.07, 6.45) is 8.69. The molecule has 0 bridgehead atoms. The Morgan fingerprint density at radius 1 is 0.475 bits per heavy atom. The molecule has 2 heterocycles. The van der Waals surface area contributed by atoms with E-state index in [0.717, 1.165) is 38.8 Å². The largest absolute Gasteiger partial charge is 0.484 e. The van der Waals surface area contributed by atoms with Crippen molar-refractivity contribution in [3.8, 4) is 28.0 Å². The highest BCUT2D eigenvalue weighted by atomic mass is 16.5. The van der Waals surface area contributed by atoms with Crippen LogP contribution >= 0.6 is 0 Å². The van der Waals surface area contributed by atoms with Gasteiger partial charge in [-0.3, -0.25) is 0 Å². The maximum absolute atomic E-state index is 6.65. The molecule has 0 fully saturated rings. The quantitative estimate of drug-likeness (QED) is 0.215. The molecule has 2 atom stereocenters. The monoisotopic (exact) mass is 512 g/mol. The number of fused-ring (bicyclic) bond motifs is 8. The lowest BCUT2D eigenvalue weighted by Crippen LogP contribution is -2.15. The molecule has 1 aliphatic carbocycles. The Bertz CT molecular complexity index is 2150. The van der Waals surface area contributed by atoms with Crippen molar-refractivity contribution >= 4 is 43.5 Å². The molecule has 6 aromatic carbocycles. The van der Waals surface area contributed by atoms with E-state index in [1.165, 1.54) is 38.2 Å². The van der Waals surface area contributed by atoms with Crippen molar-refractivity contribution in [2.24, 2.45) is 0 Å². The first kappa shape index (κ1) is 21.8. The van der Waals surface area contributed by atoms with Crippen molar-refractivity contribution in [1.82, 2.24) is 0 Å². The molecular formula is C38H24O2. The Hall–Kier alpha value is -5.08. The highest BCUT2D eigenvalue weighted by Gasteiger charge is 2.34. The van der Waals surface area contributed by atoms with E-state index in [1.807, 2.05) is 6.07 Å². The van der Waals surface area contributed by atoms with Crippen molar-refractivity contribution in [2.75, 3.05) is 0 Å². The molecule has 188 valence electrons. The molecule has 1 aromatic heterocycles. The van der Waals surface area contributed by atoms with Gasteiger partial charge in [0.25, 0.3) is 0 Å². The van der Waals surface area contributed by atoms with Crippen LogP contribution in [0.4, 0.5) is 0 Å². The minimum absolute atomic E-state index is 0.0450. The molecule has 1 aliphatic heterocycles. The van der Waals surface area contributed by atoms with Crippen LogP contribution in [-0.4, -0.2) is 6.10 Å². The summed E-state index contributed by atoms with van der Waals surface area (Å²) in [4.78, 5) is 0. The molecule has 9 rings (SSSR count). The number of para-hydroxylation sites is 3. The zero-order valence-electron chi connectivity index (χ0n) is 21.7. The summed E-state index contributed by atoms with van der Waals surface area (Å²) in [5.74, 6) is 1.25. The fourth-order valence-electron chi connectivity index (χ4n) is 6.91. The molecule has 2 unspecified atom stereocenters. The summed E-state index contributed by atoms with van der Waals surface area (Å²) >= 11 is 0. The van der Waals surface area contributed by atoms with Crippen molar-refractivity contribution in [3.05, 3.63) is 139 Å². The lowest BCUT2D eigenvalue weighted by atomic mass is 9.84. The van der Waals surface area contributed by atoms with Crippen LogP contribution in [-0.2, 0) is 0 Å². The Morgan fingerprint density at radius 3 is 1.80 bits per heavy atom. The highest BCUT2D eigenvalue weighted by Crippen LogP contribution is 2.51. The topological polar surface area (TPSA) is 22.4 Å². The first-order valence-electron chi connectivity index (χ1n) is 13.9. The number of furan rings is 1. The molecule has 0 amide bonds. The van der Waals surface area contributed by atoms with Crippen LogP contribution in [0.2, 0.25) is 0 Å². The van der Waals surface area contributed by atoms with Crippen LogP contribution in [0.3, 0.4) is 0 Å². The van der Waals surface area contributed by atoms with Gasteiger partial charge in [0.1, 0.15) is 23.0 Å². The molecule has 40 heavy (non-hydrogen) atoms. The smallest absolute Gasteiger partial charge is 0.143 e. The number of ether oxygens (including phenoxy) is 1. The Morgan fingerprint density at radius 2 is 1.05 bits per heavy atom. The first-order chi connectivity index (χ1) is 19.9. The second-order valence-corrected chi connectivity index (χ2v) is 10.7. The molecule has 2 aliphatic rings. The highest BCUT2D eigenvalue weighted by molar-refractivity contribution is 6.24. The van der Waals surface area contributed by atoms with E-state index in [1.54, 1.807) is 0 Å². The van der Waals surface area contributed by atoms with Crippen molar-refractivity contribution in [2.45, 2.75) is 12.0 Å². The van der Waals surface area contributed by atoms with Gasteiger partial charge in [0.2, 0.25) is 0 Å². The minimum atomic E-state index is 0.0450. The van der Waals surface area contributed by atoms with Gasteiger partial charge in [-0.15, -0.1) is 0 Å². The molecule has 2 nitrogen and oxygen atoms in total. The van der Waals surface area contributed by atoms with E-state index in [4.69, 9.17) is 9.15 Å². The van der Waals surface area contributed by atoms with E-state index in [9.17, 15) is 0 Å². The predicted molar refractivity (Wildman–Crippen MR) is 165 cm³/mol. The van der Waals surface area contributed by atoms with Gasteiger partial charge in [-0.25, -0.2) is 0 Å². The van der Waals surface area contributed by atoms with Gasteiger partial charge < -0.3 is 9.15 Å². The molecule has 7 aromatic rings. The van der Waals surface area contributed by atoms with Gasteiger partial charge in [0, 0.05) is 44.5 Å². The second-order valence-electron chi connectivity index (χ2n) is 10.7. The Kier molecular flexibility index (Phi) is 4.48. The molecule has 0 saturated heterocycles. The van der Waals surface area contributed by atoms with E-state index >= 15 is 0 Å². The summed E-state index contributed by atoms with van der Waals surface area (Å²) in [5.41, 5.74) is 7.78. The predicted octanol–water partition coefficient (Wildman–Crippen LogP) is 10.2. The molecule has 2 heteroatoms. The van der Waals surface area contributed by atoms with Gasteiger partial charge in [-0.05, 0) is 33.7 Å². The zero-order chi connectivity index (χ0) is 26.2. The first-order valence-corrected chi connectivity index (χ1v) is 13.9. The molecule has 0 radical (unpaired) electrons. The summed E-state index contributed by atoms with van der Waals surface area (Å²) < 4.78 is 13.2. The van der Waals surface area contributed by atoms with Crippen LogP contribution in [0, 0.1) is 0 Å². The van der Waals surface area contributed by atoms with Gasteiger partial charge >= 0.3 is 0 Å². The van der Waals surface area contributed by atoms with Crippen LogP contribution in [0.25, 0.3) is 65.7 Å².